The molecular formula is C17H22N4O2. The predicted octanol–water partition coefficient (Wildman–Crippen LogP) is 2.97. The summed E-state index contributed by atoms with van der Waals surface area (Å²) in [6.07, 6.45) is 3.59. The molecule has 0 saturated heterocycles. The van der Waals surface area contributed by atoms with Gasteiger partial charge in [0.15, 0.2) is 0 Å². The first-order chi connectivity index (χ1) is 11.2. The molecule has 0 aliphatic rings. The normalized spacial score (nSPS) is 10.2. The van der Waals surface area contributed by atoms with E-state index >= 15 is 0 Å². The molecule has 122 valence electrons. The zero-order chi connectivity index (χ0) is 16.7. The maximum atomic E-state index is 12.4. The average Bonchev–Trinajstić information content (AvgIpc) is 2.60. The smallest absolute Gasteiger partial charge is 0.274 e. The molecule has 1 amide bonds. The zero-order valence-electron chi connectivity index (χ0n) is 13.7. The van der Waals surface area contributed by atoms with Crippen LogP contribution in [0.4, 0.5) is 11.5 Å². The number of ether oxygens (including phenoxy) is 1. The SMILES string of the molecule is CCCCN(C)c1cc(C(=O)Nc2ccccc2OC)ncn1. The molecule has 1 aromatic heterocycles. The minimum Gasteiger partial charge on any atom is -0.495 e. The summed E-state index contributed by atoms with van der Waals surface area (Å²) < 4.78 is 5.23. The van der Waals surface area contributed by atoms with Crippen LogP contribution >= 0.6 is 0 Å². The Hall–Kier alpha value is -2.63. The maximum Gasteiger partial charge on any atom is 0.274 e. The standard InChI is InChI=1S/C17H22N4O2/c1-4-5-10-21(2)16-11-14(18-12-19-16)17(22)20-13-8-6-7-9-15(13)23-3/h6-9,11-12H,4-5,10H2,1-3H3,(H,20,22). The molecule has 0 saturated carbocycles. The third-order valence-electron chi connectivity index (χ3n) is 3.48. The number of carbonyl (C=O) groups is 1. The van der Waals surface area contributed by atoms with E-state index in [0.717, 1.165) is 25.2 Å². The number of hydrogen-bond acceptors (Lipinski definition) is 5. The summed E-state index contributed by atoms with van der Waals surface area (Å²) in [4.78, 5) is 22.7. The lowest BCUT2D eigenvalue weighted by atomic mass is 10.2. The number of nitrogens with one attached hydrogen (secondary N) is 1. The second-order valence-electron chi connectivity index (χ2n) is 5.19. The van der Waals surface area contributed by atoms with E-state index in [1.54, 1.807) is 25.3 Å². The van der Waals surface area contributed by atoms with Crippen molar-refractivity contribution in [1.82, 2.24) is 9.97 Å². The van der Waals surface area contributed by atoms with Crippen LogP contribution in [0.3, 0.4) is 0 Å². The quantitative estimate of drug-likeness (QED) is 0.851. The van der Waals surface area contributed by atoms with Crippen LogP contribution in [0.5, 0.6) is 5.75 Å². The van der Waals surface area contributed by atoms with Gasteiger partial charge in [-0.2, -0.15) is 0 Å². The minimum atomic E-state index is -0.290. The Kier molecular flexibility index (Phi) is 5.91. The van der Waals surface area contributed by atoms with Gasteiger partial charge in [-0.3, -0.25) is 4.79 Å². The second kappa shape index (κ2) is 8.12. The fraction of sp³-hybridized carbons (Fsp3) is 0.353. The Morgan fingerprint density at radius 2 is 2.09 bits per heavy atom. The van der Waals surface area contributed by atoms with E-state index in [0.29, 0.717) is 17.1 Å². The van der Waals surface area contributed by atoms with E-state index in [9.17, 15) is 4.79 Å². The average molecular weight is 314 g/mol. The number of carbonyl (C=O) groups excluding carboxylic acids is 1. The third kappa shape index (κ3) is 4.42. The molecule has 0 radical (unpaired) electrons. The summed E-state index contributed by atoms with van der Waals surface area (Å²) in [7, 11) is 3.52. The molecule has 1 heterocycles. The molecule has 0 fully saturated rings. The topological polar surface area (TPSA) is 67.4 Å². The van der Waals surface area contributed by atoms with Gasteiger partial charge in [-0.15, -0.1) is 0 Å². The first-order valence-corrected chi connectivity index (χ1v) is 7.63. The van der Waals surface area contributed by atoms with E-state index in [1.807, 2.05) is 24.1 Å². The lowest BCUT2D eigenvalue weighted by molar-refractivity contribution is 0.102. The Labute approximate surface area is 136 Å². The second-order valence-corrected chi connectivity index (χ2v) is 5.19. The fourth-order valence-corrected chi connectivity index (χ4v) is 2.12. The molecule has 0 bridgehead atoms. The van der Waals surface area contributed by atoms with Crippen LogP contribution < -0.4 is 15.0 Å². The predicted molar refractivity (Wildman–Crippen MR) is 91.2 cm³/mol. The van der Waals surface area contributed by atoms with Crippen LogP contribution in [0.25, 0.3) is 0 Å². The molecule has 0 atom stereocenters. The van der Waals surface area contributed by atoms with E-state index in [2.05, 4.69) is 22.2 Å². The molecule has 0 unspecified atom stereocenters. The Morgan fingerprint density at radius 3 is 2.83 bits per heavy atom. The number of aromatic nitrogens is 2. The van der Waals surface area contributed by atoms with Crippen molar-refractivity contribution >= 4 is 17.4 Å². The zero-order valence-corrected chi connectivity index (χ0v) is 13.7. The number of hydrogen-bond donors (Lipinski definition) is 1. The molecule has 1 aromatic carbocycles. The lowest BCUT2D eigenvalue weighted by Crippen LogP contribution is -2.21. The van der Waals surface area contributed by atoms with Crippen LogP contribution in [0.2, 0.25) is 0 Å². The number of anilines is 2. The number of unbranched alkanes of at least 4 members (excludes halogenated alkanes) is 1. The van der Waals surface area contributed by atoms with Crippen molar-refractivity contribution in [3.8, 4) is 5.75 Å². The molecule has 2 rings (SSSR count). The van der Waals surface area contributed by atoms with Gasteiger partial charge in [0, 0.05) is 19.7 Å². The van der Waals surface area contributed by atoms with Crippen molar-refractivity contribution in [2.75, 3.05) is 30.9 Å². The van der Waals surface area contributed by atoms with Crippen molar-refractivity contribution < 1.29 is 9.53 Å². The molecule has 0 spiro atoms. The van der Waals surface area contributed by atoms with Gasteiger partial charge in [0.25, 0.3) is 5.91 Å². The number of amides is 1. The van der Waals surface area contributed by atoms with Gasteiger partial charge < -0.3 is 15.0 Å². The Bertz CT molecular complexity index is 661. The van der Waals surface area contributed by atoms with Crippen molar-refractivity contribution in [2.24, 2.45) is 0 Å². The van der Waals surface area contributed by atoms with Gasteiger partial charge in [-0.25, -0.2) is 9.97 Å². The first-order valence-electron chi connectivity index (χ1n) is 7.63. The molecule has 23 heavy (non-hydrogen) atoms. The Balaban J connectivity index is 2.13. The van der Waals surface area contributed by atoms with Crippen LogP contribution in [-0.2, 0) is 0 Å². The first kappa shape index (κ1) is 16.7. The van der Waals surface area contributed by atoms with Gasteiger partial charge >= 0.3 is 0 Å². The fourth-order valence-electron chi connectivity index (χ4n) is 2.12. The monoisotopic (exact) mass is 314 g/mol. The highest BCUT2D eigenvalue weighted by Crippen LogP contribution is 2.23. The summed E-state index contributed by atoms with van der Waals surface area (Å²) in [5.41, 5.74) is 0.934. The van der Waals surface area contributed by atoms with Gasteiger partial charge in [0.05, 0.1) is 12.8 Å². The maximum absolute atomic E-state index is 12.4. The minimum absolute atomic E-state index is 0.290. The van der Waals surface area contributed by atoms with Crippen molar-refractivity contribution in [1.29, 1.82) is 0 Å². The number of nitrogens with zero attached hydrogens (tertiary/aromatic N) is 3. The van der Waals surface area contributed by atoms with E-state index < -0.39 is 0 Å². The number of para-hydroxylation sites is 2. The van der Waals surface area contributed by atoms with Gasteiger partial charge in [-0.05, 0) is 18.6 Å². The summed E-state index contributed by atoms with van der Waals surface area (Å²) in [6, 6.07) is 8.95. The Morgan fingerprint density at radius 1 is 1.30 bits per heavy atom. The van der Waals surface area contributed by atoms with Crippen LogP contribution in [0, 0.1) is 0 Å². The van der Waals surface area contributed by atoms with E-state index in [4.69, 9.17) is 4.74 Å². The highest BCUT2D eigenvalue weighted by Gasteiger charge is 2.13. The van der Waals surface area contributed by atoms with Crippen LogP contribution in [-0.4, -0.2) is 36.6 Å². The summed E-state index contributed by atoms with van der Waals surface area (Å²) in [5.74, 6) is 1.05. The molecule has 2 aromatic rings. The van der Waals surface area contributed by atoms with Crippen LogP contribution in [0.15, 0.2) is 36.7 Å². The van der Waals surface area contributed by atoms with Crippen molar-refractivity contribution in [3.63, 3.8) is 0 Å². The molecule has 0 aliphatic carbocycles. The molecule has 6 nitrogen and oxygen atoms in total. The summed E-state index contributed by atoms with van der Waals surface area (Å²) >= 11 is 0. The largest absolute Gasteiger partial charge is 0.495 e. The summed E-state index contributed by atoms with van der Waals surface area (Å²) in [6.45, 7) is 3.03. The van der Waals surface area contributed by atoms with Crippen LogP contribution in [0.1, 0.15) is 30.3 Å². The van der Waals surface area contributed by atoms with Gasteiger partial charge in [0.1, 0.15) is 23.6 Å². The molecule has 6 heteroatoms. The molecular weight excluding hydrogens is 292 g/mol. The van der Waals surface area contributed by atoms with E-state index in [1.165, 1.54) is 6.33 Å². The number of benzene rings is 1. The lowest BCUT2D eigenvalue weighted by Gasteiger charge is -2.17. The van der Waals surface area contributed by atoms with Gasteiger partial charge in [0.2, 0.25) is 0 Å². The number of methoxy groups -OCH3 is 1. The molecule has 1 N–H and O–H groups in total. The van der Waals surface area contributed by atoms with E-state index in [-0.39, 0.29) is 5.91 Å². The third-order valence-corrected chi connectivity index (χ3v) is 3.48. The van der Waals surface area contributed by atoms with Crippen molar-refractivity contribution in [2.45, 2.75) is 19.8 Å². The van der Waals surface area contributed by atoms with Gasteiger partial charge in [-0.1, -0.05) is 25.5 Å². The summed E-state index contributed by atoms with van der Waals surface area (Å²) in [5, 5.41) is 2.81. The highest BCUT2D eigenvalue weighted by atomic mass is 16.5. The van der Waals surface area contributed by atoms with Crippen molar-refractivity contribution in [3.05, 3.63) is 42.4 Å². The number of rotatable bonds is 7. The molecule has 0 aliphatic heterocycles. The highest BCUT2D eigenvalue weighted by molar-refractivity contribution is 6.04.